The molecule has 0 fully saturated rings. The third kappa shape index (κ3) is 3.00. The van der Waals surface area contributed by atoms with Crippen molar-refractivity contribution in [1.29, 1.82) is 0 Å². The number of aromatic nitrogens is 5. The number of aryl methyl sites for hydroxylation is 1. The van der Waals surface area contributed by atoms with Crippen LogP contribution >= 0.6 is 0 Å². The lowest BCUT2D eigenvalue weighted by Crippen LogP contribution is -2.22. The van der Waals surface area contributed by atoms with Crippen LogP contribution in [0.4, 0.5) is 0 Å². The zero-order valence-corrected chi connectivity index (χ0v) is 14.2. The molecule has 4 rings (SSSR count). The molecular weight excluding hydrogens is 322 g/mol. The van der Waals surface area contributed by atoms with E-state index in [0.29, 0.717) is 43.6 Å². The van der Waals surface area contributed by atoms with Crippen molar-refractivity contribution in [3.05, 3.63) is 41.3 Å². The molecule has 0 aliphatic carbocycles. The summed E-state index contributed by atoms with van der Waals surface area (Å²) in [5, 5.41) is 12.3. The number of hydrogen-bond donors (Lipinski definition) is 0. The van der Waals surface area contributed by atoms with Crippen LogP contribution in [-0.4, -0.2) is 31.7 Å². The van der Waals surface area contributed by atoms with Crippen molar-refractivity contribution in [1.82, 2.24) is 25.1 Å². The van der Waals surface area contributed by atoms with Gasteiger partial charge < -0.3 is 14.0 Å². The Kier molecular flexibility index (Phi) is 4.19. The van der Waals surface area contributed by atoms with Crippen LogP contribution in [0.3, 0.4) is 0 Å². The van der Waals surface area contributed by atoms with E-state index in [2.05, 4.69) is 20.5 Å². The molecule has 1 atom stereocenters. The summed E-state index contributed by atoms with van der Waals surface area (Å²) in [6.45, 7) is 5.57. The highest BCUT2D eigenvalue weighted by Crippen LogP contribution is 2.30. The molecule has 1 aliphatic heterocycles. The Bertz CT molecular complexity index is 856. The zero-order chi connectivity index (χ0) is 17.2. The summed E-state index contributed by atoms with van der Waals surface area (Å²) in [4.78, 5) is 4.32. The average Bonchev–Trinajstić information content (AvgIpc) is 3.28. The minimum atomic E-state index is -0.0772. The fourth-order valence-corrected chi connectivity index (χ4v) is 2.82. The molecule has 0 unspecified atom stereocenters. The molecule has 0 saturated heterocycles. The third-order valence-corrected chi connectivity index (χ3v) is 4.15. The molecule has 0 radical (unpaired) electrons. The standard InChI is InChI=1S/C17H19N5O3/c1-3-15-18-17(25-20-15)16-13-10-24-14(9-22(13)21-19-16)11-5-7-12(8-6-11)23-4-2/h5-8,14H,3-4,9-10H2,1-2H3/t14-/m0/s1. The normalized spacial score (nSPS) is 16.6. The summed E-state index contributed by atoms with van der Waals surface area (Å²) in [5.41, 5.74) is 2.53. The van der Waals surface area contributed by atoms with E-state index >= 15 is 0 Å². The fraction of sp³-hybridized carbons (Fsp3) is 0.412. The maximum absolute atomic E-state index is 6.01. The van der Waals surface area contributed by atoms with E-state index in [9.17, 15) is 0 Å². The average molecular weight is 341 g/mol. The molecule has 0 saturated carbocycles. The summed E-state index contributed by atoms with van der Waals surface area (Å²) >= 11 is 0. The number of fused-ring (bicyclic) bond motifs is 1. The monoisotopic (exact) mass is 341 g/mol. The summed E-state index contributed by atoms with van der Waals surface area (Å²) in [7, 11) is 0. The first-order chi connectivity index (χ1) is 12.3. The highest BCUT2D eigenvalue weighted by molar-refractivity contribution is 5.49. The Labute approximate surface area is 144 Å². The molecule has 0 bridgehead atoms. The largest absolute Gasteiger partial charge is 0.494 e. The smallest absolute Gasteiger partial charge is 0.280 e. The number of rotatable bonds is 5. The molecular formula is C17H19N5O3. The van der Waals surface area contributed by atoms with Crippen LogP contribution in [0.2, 0.25) is 0 Å². The minimum absolute atomic E-state index is 0.0772. The summed E-state index contributed by atoms with van der Waals surface area (Å²) < 4.78 is 18.6. The van der Waals surface area contributed by atoms with Crippen LogP contribution in [0.25, 0.3) is 11.6 Å². The topological polar surface area (TPSA) is 88.1 Å². The number of hydrogen-bond acceptors (Lipinski definition) is 7. The molecule has 130 valence electrons. The van der Waals surface area contributed by atoms with Crippen LogP contribution < -0.4 is 4.74 Å². The number of ether oxygens (including phenoxy) is 2. The van der Waals surface area contributed by atoms with Gasteiger partial charge in [0.2, 0.25) is 0 Å². The van der Waals surface area contributed by atoms with Gasteiger partial charge in [0.15, 0.2) is 11.5 Å². The Morgan fingerprint density at radius 2 is 2.08 bits per heavy atom. The molecule has 8 nitrogen and oxygen atoms in total. The van der Waals surface area contributed by atoms with Gasteiger partial charge in [-0.1, -0.05) is 29.4 Å². The molecule has 3 heterocycles. The predicted molar refractivity (Wildman–Crippen MR) is 87.8 cm³/mol. The lowest BCUT2D eigenvalue weighted by atomic mass is 10.1. The summed E-state index contributed by atoms with van der Waals surface area (Å²) in [5.74, 6) is 1.90. The van der Waals surface area contributed by atoms with Crippen LogP contribution in [0.15, 0.2) is 28.8 Å². The Balaban J connectivity index is 1.54. The van der Waals surface area contributed by atoms with Crippen LogP contribution in [0.1, 0.15) is 37.0 Å². The van der Waals surface area contributed by atoms with Gasteiger partial charge in [-0.05, 0) is 24.6 Å². The van der Waals surface area contributed by atoms with Crippen molar-refractivity contribution in [3.8, 4) is 17.3 Å². The van der Waals surface area contributed by atoms with E-state index in [4.69, 9.17) is 14.0 Å². The molecule has 0 N–H and O–H groups in total. The van der Waals surface area contributed by atoms with Crippen molar-refractivity contribution in [3.63, 3.8) is 0 Å². The molecule has 0 amide bonds. The van der Waals surface area contributed by atoms with Gasteiger partial charge in [-0.15, -0.1) is 5.10 Å². The number of nitrogens with zero attached hydrogens (tertiary/aromatic N) is 5. The first kappa shape index (κ1) is 15.8. The van der Waals surface area contributed by atoms with E-state index in [1.807, 2.05) is 42.8 Å². The maximum Gasteiger partial charge on any atom is 0.280 e. The molecule has 3 aromatic rings. The van der Waals surface area contributed by atoms with Crippen molar-refractivity contribution in [2.45, 2.75) is 39.5 Å². The van der Waals surface area contributed by atoms with Crippen LogP contribution in [0.5, 0.6) is 5.75 Å². The second kappa shape index (κ2) is 6.64. The lowest BCUT2D eigenvalue weighted by molar-refractivity contribution is -0.00119. The fourth-order valence-electron chi connectivity index (χ4n) is 2.82. The SMILES string of the molecule is CCOc1ccc([C@@H]2Cn3nnc(-c4nc(CC)no4)c3CO2)cc1. The lowest BCUT2D eigenvalue weighted by Gasteiger charge is -2.24. The van der Waals surface area contributed by atoms with E-state index in [0.717, 1.165) is 17.0 Å². The van der Waals surface area contributed by atoms with Crippen LogP contribution in [-0.2, 0) is 24.3 Å². The minimum Gasteiger partial charge on any atom is -0.494 e. The molecule has 25 heavy (non-hydrogen) atoms. The Morgan fingerprint density at radius 1 is 1.24 bits per heavy atom. The zero-order valence-electron chi connectivity index (χ0n) is 14.2. The van der Waals surface area contributed by atoms with E-state index in [1.165, 1.54) is 0 Å². The van der Waals surface area contributed by atoms with Crippen molar-refractivity contribution in [2.75, 3.05) is 6.61 Å². The highest BCUT2D eigenvalue weighted by atomic mass is 16.5. The highest BCUT2D eigenvalue weighted by Gasteiger charge is 2.27. The number of benzene rings is 1. The van der Waals surface area contributed by atoms with E-state index < -0.39 is 0 Å². The van der Waals surface area contributed by atoms with Gasteiger partial charge in [0.05, 0.1) is 25.5 Å². The quantitative estimate of drug-likeness (QED) is 0.704. The molecule has 2 aromatic heterocycles. The van der Waals surface area contributed by atoms with E-state index in [1.54, 1.807) is 0 Å². The Hall–Kier alpha value is -2.74. The van der Waals surface area contributed by atoms with Gasteiger partial charge >= 0.3 is 0 Å². The van der Waals surface area contributed by atoms with Crippen molar-refractivity contribution >= 4 is 0 Å². The molecule has 0 spiro atoms. The maximum atomic E-state index is 6.01. The van der Waals surface area contributed by atoms with E-state index in [-0.39, 0.29) is 6.10 Å². The molecule has 1 aromatic carbocycles. The van der Waals surface area contributed by atoms with Gasteiger partial charge in [0.25, 0.3) is 5.89 Å². The molecule has 8 heteroatoms. The second-order valence-electron chi connectivity index (χ2n) is 5.74. The predicted octanol–water partition coefficient (Wildman–Crippen LogP) is 2.56. The van der Waals surface area contributed by atoms with Gasteiger partial charge in [-0.2, -0.15) is 4.98 Å². The third-order valence-electron chi connectivity index (χ3n) is 4.15. The Morgan fingerprint density at radius 3 is 2.80 bits per heavy atom. The van der Waals surface area contributed by atoms with Gasteiger partial charge in [-0.25, -0.2) is 4.68 Å². The first-order valence-electron chi connectivity index (χ1n) is 8.38. The second-order valence-corrected chi connectivity index (χ2v) is 5.74. The van der Waals surface area contributed by atoms with Gasteiger partial charge in [-0.3, -0.25) is 0 Å². The summed E-state index contributed by atoms with van der Waals surface area (Å²) in [6, 6.07) is 7.94. The van der Waals surface area contributed by atoms with Crippen molar-refractivity contribution in [2.24, 2.45) is 0 Å². The molecule has 1 aliphatic rings. The summed E-state index contributed by atoms with van der Waals surface area (Å²) in [6.07, 6.45) is 0.634. The van der Waals surface area contributed by atoms with Gasteiger partial charge in [0, 0.05) is 6.42 Å². The van der Waals surface area contributed by atoms with Crippen LogP contribution in [0, 0.1) is 0 Å². The van der Waals surface area contributed by atoms with Crippen molar-refractivity contribution < 1.29 is 14.0 Å². The van der Waals surface area contributed by atoms with Gasteiger partial charge in [0.1, 0.15) is 11.9 Å². The first-order valence-corrected chi connectivity index (χ1v) is 8.38.